The van der Waals surface area contributed by atoms with Crippen molar-refractivity contribution in [2.45, 2.75) is 12.2 Å². The summed E-state index contributed by atoms with van der Waals surface area (Å²) in [6, 6.07) is 8.92. The molecule has 0 radical (unpaired) electrons. The zero-order chi connectivity index (χ0) is 19.3. The van der Waals surface area contributed by atoms with Gasteiger partial charge in [0, 0.05) is 35.5 Å². The molecule has 1 unspecified atom stereocenters. The van der Waals surface area contributed by atoms with E-state index in [0.717, 1.165) is 29.7 Å². The minimum Gasteiger partial charge on any atom is -0.369 e. The Morgan fingerprint density at radius 1 is 1.15 bits per heavy atom. The van der Waals surface area contributed by atoms with Gasteiger partial charge in [-0.25, -0.2) is 13.5 Å². The average Bonchev–Trinajstić information content (AvgIpc) is 3.01. The highest BCUT2D eigenvalue weighted by Crippen LogP contribution is 2.34. The molecule has 1 saturated heterocycles. The second-order valence-corrected chi connectivity index (χ2v) is 9.30. The molecule has 0 N–H and O–H groups in total. The maximum atomic E-state index is 13.8. The second-order valence-electron chi connectivity index (χ2n) is 7.10. The monoisotopic (exact) mass is 388 g/mol. The van der Waals surface area contributed by atoms with Crippen molar-refractivity contribution < 1.29 is 8.78 Å². The van der Waals surface area contributed by atoms with E-state index in [-0.39, 0.29) is 16.2 Å². The van der Waals surface area contributed by atoms with Gasteiger partial charge < -0.3 is 4.90 Å². The van der Waals surface area contributed by atoms with Crippen LogP contribution in [0.2, 0.25) is 0 Å². The van der Waals surface area contributed by atoms with Crippen LogP contribution in [0.5, 0.6) is 0 Å². The van der Waals surface area contributed by atoms with Crippen LogP contribution in [0.4, 0.5) is 14.5 Å². The highest BCUT2D eigenvalue weighted by atomic mass is 32.2. The van der Waals surface area contributed by atoms with Crippen molar-refractivity contribution in [1.29, 1.82) is 0 Å². The zero-order valence-corrected chi connectivity index (χ0v) is 16.4. The molecular formula is C20H22F2N4S. The van der Waals surface area contributed by atoms with Crippen LogP contribution in [0.1, 0.15) is 5.56 Å². The van der Waals surface area contributed by atoms with Crippen LogP contribution in [0.25, 0.3) is 16.6 Å². The van der Waals surface area contributed by atoms with E-state index in [2.05, 4.69) is 46.4 Å². The van der Waals surface area contributed by atoms with Crippen LogP contribution in [0, 0.1) is 18.6 Å². The fourth-order valence-electron chi connectivity index (χ4n) is 3.37. The van der Waals surface area contributed by atoms with Crippen molar-refractivity contribution in [3.8, 4) is 5.69 Å². The maximum absolute atomic E-state index is 13.8. The van der Waals surface area contributed by atoms with E-state index >= 15 is 0 Å². The first-order valence-corrected chi connectivity index (χ1v) is 10.2. The third-order valence-corrected chi connectivity index (χ3v) is 7.06. The van der Waals surface area contributed by atoms with Crippen molar-refractivity contribution in [1.82, 2.24) is 14.1 Å². The summed E-state index contributed by atoms with van der Waals surface area (Å²) < 4.78 is 31.2. The summed E-state index contributed by atoms with van der Waals surface area (Å²) in [4.78, 5) is 2.33. The number of aromatic nitrogens is 2. The number of benzene rings is 2. The Kier molecular flexibility index (Phi) is 4.52. The molecule has 2 heterocycles. The third kappa shape index (κ3) is 3.15. The SMILES string of the molecule is C=S(C1CN(c2ccc3c(cnn3-c3cc(C)c(F)c(F)c3)c2)C1)N(C)C. The number of aryl methyl sites for hydroxylation is 1. The van der Waals surface area contributed by atoms with Crippen molar-refractivity contribution in [3.05, 3.63) is 53.7 Å². The Morgan fingerprint density at radius 3 is 2.56 bits per heavy atom. The first-order chi connectivity index (χ1) is 12.8. The first-order valence-electron chi connectivity index (χ1n) is 8.74. The molecule has 1 aliphatic heterocycles. The molecule has 4 nitrogen and oxygen atoms in total. The molecule has 0 amide bonds. The summed E-state index contributed by atoms with van der Waals surface area (Å²) in [5.41, 5.74) is 2.80. The molecule has 7 heteroatoms. The van der Waals surface area contributed by atoms with Gasteiger partial charge in [0.2, 0.25) is 0 Å². The highest BCUT2D eigenvalue weighted by molar-refractivity contribution is 8.12. The molecule has 1 atom stereocenters. The van der Waals surface area contributed by atoms with E-state index in [4.69, 9.17) is 0 Å². The molecule has 1 fully saturated rings. The van der Waals surface area contributed by atoms with E-state index < -0.39 is 11.6 Å². The predicted octanol–water partition coefficient (Wildman–Crippen LogP) is 3.98. The highest BCUT2D eigenvalue weighted by Gasteiger charge is 2.29. The fourth-order valence-corrected chi connectivity index (χ4v) is 4.67. The van der Waals surface area contributed by atoms with Crippen molar-refractivity contribution >= 4 is 33.1 Å². The number of anilines is 1. The molecule has 3 aromatic rings. The number of fused-ring (bicyclic) bond motifs is 1. The predicted molar refractivity (Wildman–Crippen MR) is 110 cm³/mol. The van der Waals surface area contributed by atoms with Crippen LogP contribution >= 0.6 is 10.7 Å². The Labute approximate surface area is 160 Å². The number of nitrogens with zero attached hydrogens (tertiary/aromatic N) is 4. The zero-order valence-electron chi connectivity index (χ0n) is 15.6. The second kappa shape index (κ2) is 6.73. The fraction of sp³-hybridized carbons (Fsp3) is 0.300. The Bertz CT molecular complexity index is 1010. The van der Waals surface area contributed by atoms with Gasteiger partial charge in [-0.2, -0.15) is 5.10 Å². The number of hydrogen-bond acceptors (Lipinski definition) is 3. The van der Waals surface area contributed by atoms with Gasteiger partial charge in [0.05, 0.1) is 17.4 Å². The van der Waals surface area contributed by atoms with E-state index in [1.54, 1.807) is 23.9 Å². The summed E-state index contributed by atoms with van der Waals surface area (Å²) in [6.45, 7) is 3.54. The lowest BCUT2D eigenvalue weighted by atomic mass is 10.1. The molecule has 27 heavy (non-hydrogen) atoms. The standard InChI is InChI=1S/C20H22F2N4S/c1-13-7-16(9-18(21)20(13)22)26-19-6-5-15(8-14(19)10-23-26)25-11-17(12-25)27(4)24(2)3/h5-10,17H,4,11-12H2,1-3H3. The number of hydrogen-bond donors (Lipinski definition) is 0. The lowest BCUT2D eigenvalue weighted by Gasteiger charge is -2.43. The Balaban J connectivity index is 1.61. The van der Waals surface area contributed by atoms with Crippen LogP contribution in [-0.4, -0.2) is 52.4 Å². The average molecular weight is 388 g/mol. The van der Waals surface area contributed by atoms with Gasteiger partial charge in [-0.3, -0.25) is 4.31 Å². The van der Waals surface area contributed by atoms with E-state index in [1.807, 2.05) is 6.07 Å². The quantitative estimate of drug-likeness (QED) is 0.632. The minimum atomic E-state index is -0.860. The van der Waals surface area contributed by atoms with E-state index in [1.165, 1.54) is 6.07 Å². The Hall–Kier alpha value is -2.25. The van der Waals surface area contributed by atoms with Crippen LogP contribution < -0.4 is 4.90 Å². The molecule has 142 valence electrons. The lowest BCUT2D eigenvalue weighted by molar-refractivity contribution is 0.502. The summed E-state index contributed by atoms with van der Waals surface area (Å²) in [7, 11) is 4.17. The van der Waals surface area contributed by atoms with Gasteiger partial charge in [0.25, 0.3) is 0 Å². The smallest absolute Gasteiger partial charge is 0.161 e. The van der Waals surface area contributed by atoms with Gasteiger partial charge in [0.1, 0.15) is 0 Å². The van der Waals surface area contributed by atoms with Gasteiger partial charge in [-0.15, -0.1) is 10.7 Å². The third-order valence-electron chi connectivity index (χ3n) is 5.06. The number of rotatable bonds is 4. The van der Waals surface area contributed by atoms with Crippen LogP contribution in [0.15, 0.2) is 36.5 Å². The topological polar surface area (TPSA) is 24.3 Å². The molecule has 0 bridgehead atoms. The summed E-state index contributed by atoms with van der Waals surface area (Å²) >= 11 is 0. The summed E-state index contributed by atoms with van der Waals surface area (Å²) in [6.07, 6.45) is 1.76. The summed E-state index contributed by atoms with van der Waals surface area (Å²) in [5, 5.41) is 5.94. The molecule has 0 spiro atoms. The lowest BCUT2D eigenvalue weighted by Crippen LogP contribution is -2.51. The van der Waals surface area contributed by atoms with E-state index in [0.29, 0.717) is 10.9 Å². The number of halogens is 2. The van der Waals surface area contributed by atoms with Crippen molar-refractivity contribution in [3.63, 3.8) is 0 Å². The molecule has 0 aliphatic carbocycles. The normalized spacial score (nSPS) is 16.1. The first kappa shape index (κ1) is 18.1. The summed E-state index contributed by atoms with van der Waals surface area (Å²) in [5.74, 6) is 2.58. The van der Waals surface area contributed by atoms with Gasteiger partial charge in [-0.05, 0) is 50.8 Å². The molecular weight excluding hydrogens is 366 g/mol. The van der Waals surface area contributed by atoms with Gasteiger partial charge >= 0.3 is 0 Å². The van der Waals surface area contributed by atoms with Crippen LogP contribution in [0.3, 0.4) is 0 Å². The van der Waals surface area contributed by atoms with Crippen molar-refractivity contribution in [2.75, 3.05) is 32.1 Å². The molecule has 2 aromatic carbocycles. The largest absolute Gasteiger partial charge is 0.369 e. The Morgan fingerprint density at radius 2 is 1.89 bits per heavy atom. The maximum Gasteiger partial charge on any atom is 0.161 e. The minimum absolute atomic E-state index is 0.0304. The van der Waals surface area contributed by atoms with E-state index in [9.17, 15) is 8.78 Å². The molecule has 1 aromatic heterocycles. The van der Waals surface area contributed by atoms with Crippen LogP contribution in [-0.2, 0) is 0 Å². The van der Waals surface area contributed by atoms with Crippen molar-refractivity contribution in [2.24, 2.45) is 0 Å². The molecule has 0 saturated carbocycles. The molecule has 4 rings (SSSR count). The molecule has 1 aliphatic rings. The van der Waals surface area contributed by atoms with Gasteiger partial charge in [0.15, 0.2) is 11.6 Å². The van der Waals surface area contributed by atoms with Gasteiger partial charge in [-0.1, -0.05) is 5.87 Å².